The van der Waals surface area contributed by atoms with Crippen molar-refractivity contribution in [2.45, 2.75) is 55.9 Å². The van der Waals surface area contributed by atoms with E-state index in [1.165, 1.54) is 0 Å². The SMILES string of the molecule is CP(C)(=O)c1ccc(N)cc1-c1ccc2c(N3C[C@H]4CC[C@@H](C3)N4)nc(OC[C@@]34CCCN3C[C@H](F)C4)nc2c1F. The van der Waals surface area contributed by atoms with Crippen molar-refractivity contribution >= 4 is 34.9 Å². The van der Waals surface area contributed by atoms with Crippen molar-refractivity contribution in [2.75, 3.05) is 56.7 Å². The van der Waals surface area contributed by atoms with Crippen LogP contribution in [0.1, 0.15) is 32.1 Å². The summed E-state index contributed by atoms with van der Waals surface area (Å²) in [6.45, 7) is 6.42. The number of anilines is 2. The Morgan fingerprint density at radius 1 is 1.12 bits per heavy atom. The van der Waals surface area contributed by atoms with Gasteiger partial charge in [-0.15, -0.1) is 0 Å². The van der Waals surface area contributed by atoms with Crippen LogP contribution in [0.3, 0.4) is 0 Å². The number of hydrogen-bond acceptors (Lipinski definition) is 8. The Balaban J connectivity index is 1.34. The van der Waals surface area contributed by atoms with Crippen LogP contribution in [0, 0.1) is 5.82 Å². The van der Waals surface area contributed by atoms with Crippen molar-refractivity contribution in [2.24, 2.45) is 0 Å². The van der Waals surface area contributed by atoms with Gasteiger partial charge in [0.2, 0.25) is 0 Å². The van der Waals surface area contributed by atoms with E-state index in [2.05, 4.69) is 20.1 Å². The number of ether oxygens (including phenoxy) is 1. The Kier molecular flexibility index (Phi) is 6.52. The van der Waals surface area contributed by atoms with Crippen LogP contribution in [0.5, 0.6) is 6.01 Å². The predicted octanol–water partition coefficient (Wildman–Crippen LogP) is 4.16. The van der Waals surface area contributed by atoms with Gasteiger partial charge in [-0.2, -0.15) is 9.97 Å². The van der Waals surface area contributed by atoms with Crippen molar-refractivity contribution < 1.29 is 18.1 Å². The number of piperazine rings is 1. The van der Waals surface area contributed by atoms with Gasteiger partial charge in [-0.3, -0.25) is 4.90 Å². The van der Waals surface area contributed by atoms with Gasteiger partial charge in [0.25, 0.3) is 0 Å². The van der Waals surface area contributed by atoms with Crippen LogP contribution in [0.2, 0.25) is 0 Å². The molecule has 4 fully saturated rings. The normalized spacial score (nSPS) is 28.0. The van der Waals surface area contributed by atoms with Gasteiger partial charge in [-0.25, -0.2) is 8.78 Å². The first-order valence-electron chi connectivity index (χ1n) is 14.6. The minimum absolute atomic E-state index is 0.0995. The minimum Gasteiger partial charge on any atom is -0.461 e. The second kappa shape index (κ2) is 9.89. The minimum atomic E-state index is -2.74. The first kappa shape index (κ1) is 27.0. The third-order valence-corrected chi connectivity index (χ3v) is 11.0. The average Bonchev–Trinajstić information content (AvgIpc) is 3.57. The summed E-state index contributed by atoms with van der Waals surface area (Å²) in [4.78, 5) is 13.9. The molecule has 0 radical (unpaired) electrons. The van der Waals surface area contributed by atoms with Gasteiger partial charge in [0.05, 0.1) is 5.54 Å². The number of hydrogen-bond donors (Lipinski definition) is 2. The lowest BCUT2D eigenvalue weighted by atomic mass is 9.95. The van der Waals surface area contributed by atoms with E-state index >= 15 is 4.39 Å². The smallest absolute Gasteiger partial charge is 0.319 e. The summed E-state index contributed by atoms with van der Waals surface area (Å²) >= 11 is 0. The highest BCUT2D eigenvalue weighted by Gasteiger charge is 2.49. The predicted molar refractivity (Wildman–Crippen MR) is 159 cm³/mol. The van der Waals surface area contributed by atoms with Gasteiger partial charge in [-0.1, -0.05) is 6.07 Å². The topological polar surface area (TPSA) is 96.6 Å². The van der Waals surface area contributed by atoms with Crippen LogP contribution in [0.4, 0.5) is 20.3 Å². The molecule has 4 aliphatic rings. The fourth-order valence-corrected chi connectivity index (χ4v) is 8.69. The number of aromatic nitrogens is 2. The Morgan fingerprint density at radius 2 is 1.90 bits per heavy atom. The summed E-state index contributed by atoms with van der Waals surface area (Å²) in [5.74, 6) is 0.119. The third-order valence-electron chi connectivity index (χ3n) is 9.40. The molecular formula is C30H37F2N6O2P. The Hall–Kier alpha value is -2.81. The fraction of sp³-hybridized carbons (Fsp3) is 0.533. The summed E-state index contributed by atoms with van der Waals surface area (Å²) < 4.78 is 50.4. The standard InChI is InChI=1S/C30H37F2N6O2P/c1-41(2,39)25-9-4-19(33)12-24(25)22-7-8-23-27(26(22)32)35-29(36-28(23)37-15-20-5-6-21(16-37)34-20)40-17-30-10-3-11-38(30)14-18(31)13-30/h4,7-9,12,18,20-21,34H,3,5-6,10-11,13-17,33H2,1-2H3/t18-,20-,21+,30+/m1/s1. The maximum atomic E-state index is 16.6. The van der Waals surface area contributed by atoms with Crippen LogP contribution in [-0.2, 0) is 4.57 Å². The lowest BCUT2D eigenvalue weighted by Crippen LogP contribution is -2.51. The van der Waals surface area contributed by atoms with Gasteiger partial charge in [0.1, 0.15) is 31.3 Å². The van der Waals surface area contributed by atoms with Gasteiger partial charge in [0, 0.05) is 60.1 Å². The van der Waals surface area contributed by atoms with Crippen LogP contribution >= 0.6 is 7.14 Å². The van der Waals surface area contributed by atoms with Crippen molar-refractivity contribution in [1.29, 1.82) is 0 Å². The molecular weight excluding hydrogens is 545 g/mol. The molecule has 2 aromatic carbocycles. The highest BCUT2D eigenvalue weighted by atomic mass is 31.2. The van der Waals surface area contributed by atoms with Crippen molar-refractivity contribution in [3.63, 3.8) is 0 Å². The molecule has 1 aromatic heterocycles. The number of rotatable bonds is 6. The second-order valence-corrected chi connectivity index (χ2v) is 15.9. The van der Waals surface area contributed by atoms with Crippen LogP contribution in [0.25, 0.3) is 22.0 Å². The molecule has 3 N–H and O–H groups in total. The third kappa shape index (κ3) is 4.78. The van der Waals surface area contributed by atoms with Crippen LogP contribution in [-0.4, -0.2) is 84.8 Å². The van der Waals surface area contributed by atoms with Crippen LogP contribution in [0.15, 0.2) is 30.3 Å². The zero-order chi connectivity index (χ0) is 28.5. The molecule has 2 bridgehead atoms. The molecule has 0 saturated carbocycles. The largest absolute Gasteiger partial charge is 0.461 e. The zero-order valence-corrected chi connectivity index (χ0v) is 24.5. The summed E-state index contributed by atoms with van der Waals surface area (Å²) in [5, 5.41) is 4.81. The van der Waals surface area contributed by atoms with E-state index in [4.69, 9.17) is 15.5 Å². The monoisotopic (exact) mass is 582 g/mol. The number of nitrogens with one attached hydrogen (secondary N) is 1. The molecule has 0 amide bonds. The Labute approximate surface area is 239 Å². The van der Waals surface area contributed by atoms with Gasteiger partial charge < -0.3 is 25.3 Å². The lowest BCUT2D eigenvalue weighted by molar-refractivity contribution is 0.107. The number of benzene rings is 2. The maximum Gasteiger partial charge on any atom is 0.319 e. The molecule has 3 aromatic rings. The molecule has 4 saturated heterocycles. The van der Waals surface area contributed by atoms with Crippen molar-refractivity contribution in [3.05, 3.63) is 36.1 Å². The highest BCUT2D eigenvalue weighted by Crippen LogP contribution is 2.43. The molecule has 0 spiro atoms. The first-order chi connectivity index (χ1) is 19.6. The summed E-state index contributed by atoms with van der Waals surface area (Å²) in [5.41, 5.74) is 7.13. The van der Waals surface area contributed by atoms with Crippen LogP contribution < -0.4 is 26.0 Å². The molecule has 5 heterocycles. The summed E-state index contributed by atoms with van der Waals surface area (Å²) in [6.07, 6.45) is 3.62. The van der Waals surface area contributed by atoms with E-state index in [1.54, 1.807) is 37.6 Å². The molecule has 11 heteroatoms. The van der Waals surface area contributed by atoms with E-state index in [1.807, 2.05) is 6.07 Å². The highest BCUT2D eigenvalue weighted by molar-refractivity contribution is 7.70. The first-order valence-corrected chi connectivity index (χ1v) is 17.2. The average molecular weight is 583 g/mol. The number of fused-ring (bicyclic) bond motifs is 4. The Morgan fingerprint density at radius 3 is 2.66 bits per heavy atom. The van der Waals surface area contributed by atoms with Crippen molar-refractivity contribution in [1.82, 2.24) is 20.2 Å². The van der Waals surface area contributed by atoms with Gasteiger partial charge in [-0.05, 0) is 75.4 Å². The number of nitrogens with zero attached hydrogens (tertiary/aromatic N) is 4. The molecule has 0 unspecified atom stereocenters. The van der Waals surface area contributed by atoms with Gasteiger partial charge >= 0.3 is 6.01 Å². The van der Waals surface area contributed by atoms with E-state index < -0.39 is 19.1 Å². The van der Waals surface area contributed by atoms with Gasteiger partial charge in [0.15, 0.2) is 5.82 Å². The van der Waals surface area contributed by atoms with Crippen molar-refractivity contribution in [3.8, 4) is 17.1 Å². The number of halogens is 2. The molecule has 4 atom stereocenters. The molecule has 4 aliphatic heterocycles. The second-order valence-electron chi connectivity index (χ2n) is 12.7. The molecule has 8 nitrogen and oxygen atoms in total. The van der Waals surface area contributed by atoms with E-state index in [0.717, 1.165) is 45.3 Å². The number of nitrogen functional groups attached to an aromatic ring is 1. The molecule has 7 rings (SSSR count). The summed E-state index contributed by atoms with van der Waals surface area (Å²) in [6, 6.07) is 9.47. The number of nitrogens with two attached hydrogens (primary N) is 1. The number of alkyl halides is 1. The fourth-order valence-electron chi connectivity index (χ4n) is 7.50. The zero-order valence-electron chi connectivity index (χ0n) is 23.6. The van der Waals surface area contributed by atoms with E-state index in [9.17, 15) is 8.96 Å². The summed E-state index contributed by atoms with van der Waals surface area (Å²) in [7, 11) is -2.74. The molecule has 0 aliphatic carbocycles. The Bertz CT molecular complexity index is 1550. The quantitative estimate of drug-likeness (QED) is 0.331. The maximum absolute atomic E-state index is 16.6. The van der Waals surface area contributed by atoms with E-state index in [0.29, 0.717) is 52.8 Å². The molecule has 218 valence electrons. The lowest BCUT2D eigenvalue weighted by Gasteiger charge is -2.34. The molecule has 41 heavy (non-hydrogen) atoms. The van der Waals surface area contributed by atoms with E-state index in [-0.39, 0.29) is 29.2 Å².